The molecule has 2 fully saturated rings. The molecule has 2 saturated heterocycles. The summed E-state index contributed by atoms with van der Waals surface area (Å²) in [6.07, 6.45) is 5.40. The van der Waals surface area contributed by atoms with Crippen LogP contribution in [0.2, 0.25) is 0 Å². The molecule has 0 saturated carbocycles. The molecule has 0 spiro atoms. The largest absolute Gasteiger partial charge is 0.381 e. The number of anilines is 1. The van der Waals surface area contributed by atoms with Crippen molar-refractivity contribution >= 4 is 17.4 Å². The highest BCUT2D eigenvalue weighted by atomic mass is 32.2. The molecule has 0 radical (unpaired) electrons. The Morgan fingerprint density at radius 1 is 1.25 bits per heavy atom. The lowest BCUT2D eigenvalue weighted by atomic mass is 10.1. The van der Waals surface area contributed by atoms with Gasteiger partial charge in [0, 0.05) is 23.5 Å². The predicted molar refractivity (Wildman–Crippen MR) is 89.5 cm³/mol. The molecule has 2 heterocycles. The number of nitrogens with one attached hydrogen (secondary N) is 1. The third-order valence-electron chi connectivity index (χ3n) is 4.49. The van der Waals surface area contributed by atoms with Crippen LogP contribution in [-0.2, 0) is 6.54 Å². The summed E-state index contributed by atoms with van der Waals surface area (Å²) < 4.78 is 0. The lowest BCUT2D eigenvalue weighted by molar-refractivity contribution is 0.331. The summed E-state index contributed by atoms with van der Waals surface area (Å²) in [5.41, 5.74) is 2.76. The maximum Gasteiger partial charge on any atom is 0.0377 e. The first-order chi connectivity index (χ1) is 9.81. The fourth-order valence-electron chi connectivity index (χ4n) is 3.29. The molecule has 0 aromatic heterocycles. The number of hydrogen-bond donors (Lipinski definition) is 1. The fraction of sp³-hybridized carbons (Fsp3) is 0.647. The molecular weight excluding hydrogens is 264 g/mol. The second kappa shape index (κ2) is 6.86. The Kier molecular flexibility index (Phi) is 4.90. The van der Waals surface area contributed by atoms with E-state index in [0.717, 1.165) is 11.8 Å². The van der Waals surface area contributed by atoms with E-state index in [-0.39, 0.29) is 0 Å². The minimum atomic E-state index is 0.635. The summed E-state index contributed by atoms with van der Waals surface area (Å²) in [7, 11) is 0. The molecular formula is C17H26N2S. The summed E-state index contributed by atoms with van der Waals surface area (Å²) in [6.45, 7) is 6.02. The Balaban J connectivity index is 1.61. The molecule has 3 rings (SSSR count). The lowest BCUT2D eigenvalue weighted by Crippen LogP contribution is -2.32. The van der Waals surface area contributed by atoms with Gasteiger partial charge < -0.3 is 5.32 Å². The number of hydrogen-bond acceptors (Lipinski definition) is 3. The zero-order valence-corrected chi connectivity index (χ0v) is 13.3. The van der Waals surface area contributed by atoms with Gasteiger partial charge in [-0.1, -0.05) is 19.1 Å². The Morgan fingerprint density at radius 2 is 2.10 bits per heavy atom. The van der Waals surface area contributed by atoms with Gasteiger partial charge in [0.2, 0.25) is 0 Å². The van der Waals surface area contributed by atoms with Gasteiger partial charge in [0.1, 0.15) is 0 Å². The highest BCUT2D eigenvalue weighted by Gasteiger charge is 2.21. The molecule has 2 nitrogen and oxygen atoms in total. The van der Waals surface area contributed by atoms with Gasteiger partial charge in [0.05, 0.1) is 0 Å². The van der Waals surface area contributed by atoms with E-state index in [4.69, 9.17) is 0 Å². The molecule has 2 aliphatic rings. The molecule has 1 aromatic carbocycles. The van der Waals surface area contributed by atoms with Crippen LogP contribution in [0.3, 0.4) is 0 Å². The zero-order chi connectivity index (χ0) is 13.8. The summed E-state index contributed by atoms with van der Waals surface area (Å²) in [6, 6.07) is 9.68. The van der Waals surface area contributed by atoms with E-state index in [9.17, 15) is 0 Å². The Labute approximate surface area is 127 Å². The van der Waals surface area contributed by atoms with Crippen LogP contribution in [-0.4, -0.2) is 35.0 Å². The number of benzene rings is 1. The van der Waals surface area contributed by atoms with E-state index in [1.165, 1.54) is 55.8 Å². The molecule has 3 heteroatoms. The van der Waals surface area contributed by atoms with E-state index in [1.54, 1.807) is 0 Å². The van der Waals surface area contributed by atoms with E-state index in [0.29, 0.717) is 6.04 Å². The smallest absolute Gasteiger partial charge is 0.0377 e. The second-order valence-electron chi connectivity index (χ2n) is 6.15. The second-order valence-corrected chi connectivity index (χ2v) is 7.64. The first-order valence-electron chi connectivity index (χ1n) is 8.01. The number of thioether (sulfide) groups is 1. The molecule has 0 amide bonds. The molecule has 2 aliphatic heterocycles. The Hall–Kier alpha value is -0.670. The number of likely N-dealkylation sites (tertiary alicyclic amines) is 1. The average molecular weight is 290 g/mol. The van der Waals surface area contributed by atoms with Crippen LogP contribution in [0, 0.1) is 0 Å². The van der Waals surface area contributed by atoms with Crippen molar-refractivity contribution in [1.82, 2.24) is 4.90 Å². The van der Waals surface area contributed by atoms with Crippen molar-refractivity contribution in [2.45, 2.75) is 50.4 Å². The highest BCUT2D eigenvalue weighted by molar-refractivity contribution is 8.00. The Bertz CT molecular complexity index is 429. The van der Waals surface area contributed by atoms with Crippen LogP contribution in [0.4, 0.5) is 5.69 Å². The summed E-state index contributed by atoms with van der Waals surface area (Å²) in [4.78, 5) is 2.57. The lowest BCUT2D eigenvalue weighted by Gasteiger charge is -2.30. The van der Waals surface area contributed by atoms with E-state index >= 15 is 0 Å². The molecule has 110 valence electrons. The van der Waals surface area contributed by atoms with Gasteiger partial charge in [-0.3, -0.25) is 4.90 Å². The number of rotatable bonds is 4. The SMILES string of the molecule is CC1SCCCC1Nc1cccc(CN2CCCC2)c1. The summed E-state index contributed by atoms with van der Waals surface area (Å²) in [5.74, 6) is 1.33. The van der Waals surface area contributed by atoms with Crippen molar-refractivity contribution in [2.24, 2.45) is 0 Å². The van der Waals surface area contributed by atoms with Crippen molar-refractivity contribution in [3.05, 3.63) is 29.8 Å². The quantitative estimate of drug-likeness (QED) is 0.903. The van der Waals surface area contributed by atoms with Crippen molar-refractivity contribution < 1.29 is 0 Å². The first-order valence-corrected chi connectivity index (χ1v) is 9.05. The molecule has 1 N–H and O–H groups in total. The topological polar surface area (TPSA) is 15.3 Å². The van der Waals surface area contributed by atoms with Crippen LogP contribution in [0.15, 0.2) is 24.3 Å². The molecule has 20 heavy (non-hydrogen) atoms. The average Bonchev–Trinajstić information content (AvgIpc) is 2.95. The van der Waals surface area contributed by atoms with Gasteiger partial charge >= 0.3 is 0 Å². The molecule has 1 aromatic rings. The van der Waals surface area contributed by atoms with Crippen LogP contribution in [0.1, 0.15) is 38.2 Å². The summed E-state index contributed by atoms with van der Waals surface area (Å²) >= 11 is 2.11. The first kappa shape index (κ1) is 14.3. The molecule has 0 bridgehead atoms. The molecule has 2 atom stereocenters. The van der Waals surface area contributed by atoms with Crippen LogP contribution >= 0.6 is 11.8 Å². The maximum atomic E-state index is 3.76. The summed E-state index contributed by atoms with van der Waals surface area (Å²) in [5, 5.41) is 4.48. The van der Waals surface area contributed by atoms with Gasteiger partial charge in [0.25, 0.3) is 0 Å². The van der Waals surface area contributed by atoms with Crippen LogP contribution in [0.5, 0.6) is 0 Å². The predicted octanol–water partition coefficient (Wildman–Crippen LogP) is 3.98. The van der Waals surface area contributed by atoms with E-state index < -0.39 is 0 Å². The Morgan fingerprint density at radius 3 is 2.90 bits per heavy atom. The van der Waals surface area contributed by atoms with E-state index in [2.05, 4.69) is 53.2 Å². The van der Waals surface area contributed by atoms with Crippen LogP contribution < -0.4 is 5.32 Å². The van der Waals surface area contributed by atoms with Crippen molar-refractivity contribution in [2.75, 3.05) is 24.2 Å². The third-order valence-corrected chi connectivity index (χ3v) is 5.87. The van der Waals surface area contributed by atoms with Gasteiger partial charge in [-0.15, -0.1) is 0 Å². The molecule has 2 unspecified atom stereocenters. The zero-order valence-electron chi connectivity index (χ0n) is 12.5. The maximum absolute atomic E-state index is 3.76. The minimum absolute atomic E-state index is 0.635. The fourth-order valence-corrected chi connectivity index (χ4v) is 4.43. The van der Waals surface area contributed by atoms with Crippen LogP contribution in [0.25, 0.3) is 0 Å². The van der Waals surface area contributed by atoms with E-state index in [1.807, 2.05) is 0 Å². The van der Waals surface area contributed by atoms with Gasteiger partial charge in [0.15, 0.2) is 0 Å². The van der Waals surface area contributed by atoms with Gasteiger partial charge in [-0.2, -0.15) is 11.8 Å². The van der Waals surface area contributed by atoms with Crippen molar-refractivity contribution in [1.29, 1.82) is 0 Å². The normalized spacial score (nSPS) is 27.6. The molecule has 0 aliphatic carbocycles. The van der Waals surface area contributed by atoms with Gasteiger partial charge in [-0.25, -0.2) is 0 Å². The monoisotopic (exact) mass is 290 g/mol. The van der Waals surface area contributed by atoms with Gasteiger partial charge in [-0.05, 0) is 62.2 Å². The third kappa shape index (κ3) is 3.70. The van der Waals surface area contributed by atoms with Crippen molar-refractivity contribution in [3.63, 3.8) is 0 Å². The number of nitrogens with zero attached hydrogens (tertiary/aromatic N) is 1. The minimum Gasteiger partial charge on any atom is -0.381 e. The highest BCUT2D eigenvalue weighted by Crippen LogP contribution is 2.28. The van der Waals surface area contributed by atoms with Crippen molar-refractivity contribution in [3.8, 4) is 0 Å². The standard InChI is InChI=1S/C17H26N2S/c1-14-17(8-5-11-20-14)18-16-7-4-6-15(12-16)13-19-9-2-3-10-19/h4,6-7,12,14,17-18H,2-3,5,8-11,13H2,1H3.